The number of nitrogens with zero attached hydrogens (tertiary/aromatic N) is 3. The van der Waals surface area contributed by atoms with Crippen molar-refractivity contribution in [3.8, 4) is 11.5 Å². The first-order valence-electron chi connectivity index (χ1n) is 7.48. The number of aromatic nitrogens is 2. The van der Waals surface area contributed by atoms with Crippen LogP contribution in [0.5, 0.6) is 11.5 Å². The van der Waals surface area contributed by atoms with Crippen molar-refractivity contribution in [1.82, 2.24) is 9.78 Å². The van der Waals surface area contributed by atoms with Gasteiger partial charge in [-0.25, -0.2) is 0 Å². The first-order chi connectivity index (χ1) is 12.0. The number of nitro groups is 1. The Balaban J connectivity index is 1.93. The molecule has 0 spiro atoms. The highest BCUT2D eigenvalue weighted by Gasteiger charge is 2.35. The number of fused-ring (bicyclic) bond motifs is 2. The van der Waals surface area contributed by atoms with Crippen molar-refractivity contribution in [2.75, 3.05) is 17.9 Å². The Bertz CT molecular complexity index is 910. The van der Waals surface area contributed by atoms with Crippen LogP contribution in [0.25, 0.3) is 0 Å². The van der Waals surface area contributed by atoms with Gasteiger partial charge >= 0.3 is 0 Å². The molecule has 0 fully saturated rings. The summed E-state index contributed by atoms with van der Waals surface area (Å²) in [5.41, 5.74) is 1.88. The molecule has 0 saturated carbocycles. The van der Waals surface area contributed by atoms with Crippen LogP contribution >= 0.6 is 11.8 Å². The second-order valence-electron chi connectivity index (χ2n) is 5.73. The van der Waals surface area contributed by atoms with Gasteiger partial charge in [-0.2, -0.15) is 5.10 Å². The molecule has 0 saturated heterocycles. The molecule has 1 amide bonds. The number of hydrogen-bond donors (Lipinski definition) is 1. The van der Waals surface area contributed by atoms with Gasteiger partial charge in [0.05, 0.1) is 33.2 Å². The predicted octanol–water partition coefficient (Wildman–Crippen LogP) is 2.14. The number of nitrogens with one attached hydrogen (secondary N) is 1. The van der Waals surface area contributed by atoms with Crippen LogP contribution in [-0.4, -0.2) is 33.2 Å². The summed E-state index contributed by atoms with van der Waals surface area (Å²) in [5.74, 6) is 1.40. The van der Waals surface area contributed by atoms with Crippen molar-refractivity contribution < 1.29 is 19.2 Å². The molecule has 1 aromatic heterocycles. The lowest BCUT2D eigenvalue weighted by Crippen LogP contribution is -2.15. The fraction of sp³-hybridized carbons (Fsp3) is 0.333. The van der Waals surface area contributed by atoms with Crippen molar-refractivity contribution in [2.45, 2.75) is 12.2 Å². The van der Waals surface area contributed by atoms with Crippen LogP contribution in [0.3, 0.4) is 0 Å². The Morgan fingerprint density at radius 2 is 2.12 bits per heavy atom. The van der Waals surface area contributed by atoms with Gasteiger partial charge in [-0.3, -0.25) is 19.6 Å². The summed E-state index contributed by atoms with van der Waals surface area (Å²) in [5, 5.41) is 18.4. The number of ether oxygens (including phenoxy) is 2. The normalized spacial score (nSPS) is 18.5. The molecule has 3 heterocycles. The molecule has 25 heavy (non-hydrogen) atoms. The number of carbonyl (C=O) groups excluding carboxylic acids is 1. The number of rotatable bonds is 2. The van der Waals surface area contributed by atoms with Gasteiger partial charge in [0.2, 0.25) is 12.7 Å². The summed E-state index contributed by atoms with van der Waals surface area (Å²) in [6.45, 7) is 1.85. The molecule has 0 radical (unpaired) electrons. The Morgan fingerprint density at radius 3 is 2.84 bits per heavy atom. The highest BCUT2D eigenvalue weighted by Crippen LogP contribution is 2.49. The summed E-state index contributed by atoms with van der Waals surface area (Å²) in [7, 11) is 1.73. The molecule has 1 aromatic carbocycles. The van der Waals surface area contributed by atoms with Crippen LogP contribution in [0.4, 0.5) is 11.5 Å². The average Bonchev–Trinajstić information content (AvgIpc) is 3.06. The molecule has 2 aliphatic heterocycles. The van der Waals surface area contributed by atoms with Crippen molar-refractivity contribution in [3.63, 3.8) is 0 Å². The van der Waals surface area contributed by atoms with Gasteiger partial charge in [-0.05, 0) is 13.0 Å². The van der Waals surface area contributed by atoms with E-state index in [0.29, 0.717) is 28.6 Å². The summed E-state index contributed by atoms with van der Waals surface area (Å²) >= 11 is 1.33. The SMILES string of the molecule is Cc1nn(C)c2c1[C@@H](c1cc3c(cc1[N+](=O)[O-])OCO3)SCC(=O)N2. The Morgan fingerprint density at radius 1 is 1.40 bits per heavy atom. The Hall–Kier alpha value is -2.75. The van der Waals surface area contributed by atoms with E-state index in [1.54, 1.807) is 17.8 Å². The lowest BCUT2D eigenvalue weighted by molar-refractivity contribution is -0.385. The zero-order valence-electron chi connectivity index (χ0n) is 13.4. The number of anilines is 1. The third-order valence-electron chi connectivity index (χ3n) is 4.17. The first-order valence-corrected chi connectivity index (χ1v) is 8.53. The van der Waals surface area contributed by atoms with E-state index in [9.17, 15) is 14.9 Å². The number of carbonyl (C=O) groups is 1. The maximum absolute atomic E-state index is 12.0. The van der Waals surface area contributed by atoms with Crippen LogP contribution in [-0.2, 0) is 11.8 Å². The minimum Gasteiger partial charge on any atom is -0.454 e. The Kier molecular flexibility index (Phi) is 3.57. The van der Waals surface area contributed by atoms with E-state index in [4.69, 9.17) is 9.47 Å². The minimum atomic E-state index is -0.441. The molecular weight excluding hydrogens is 348 g/mol. The molecule has 1 N–H and O–H groups in total. The summed E-state index contributed by atoms with van der Waals surface area (Å²) in [4.78, 5) is 23.2. The molecule has 130 valence electrons. The molecular formula is C15H14N4O5S. The van der Waals surface area contributed by atoms with Crippen molar-refractivity contribution in [1.29, 1.82) is 0 Å². The highest BCUT2D eigenvalue weighted by molar-refractivity contribution is 8.00. The van der Waals surface area contributed by atoms with Crippen molar-refractivity contribution >= 4 is 29.2 Å². The number of aryl methyl sites for hydroxylation is 2. The maximum atomic E-state index is 12.0. The summed E-state index contributed by atoms with van der Waals surface area (Å²) in [6, 6.07) is 3.01. The number of benzene rings is 1. The van der Waals surface area contributed by atoms with Gasteiger partial charge in [0.25, 0.3) is 5.69 Å². The second kappa shape index (κ2) is 5.66. The fourth-order valence-corrected chi connectivity index (χ4v) is 4.31. The molecule has 4 rings (SSSR count). The van der Waals surface area contributed by atoms with E-state index < -0.39 is 10.2 Å². The van der Waals surface area contributed by atoms with Crippen molar-refractivity contribution in [3.05, 3.63) is 39.1 Å². The molecule has 0 aliphatic carbocycles. The molecule has 2 aliphatic rings. The smallest absolute Gasteiger partial charge is 0.278 e. The van der Waals surface area contributed by atoms with E-state index in [2.05, 4.69) is 10.4 Å². The molecule has 0 unspecified atom stereocenters. The van der Waals surface area contributed by atoms with Crippen LogP contribution in [0.2, 0.25) is 0 Å². The minimum absolute atomic E-state index is 0.0327. The predicted molar refractivity (Wildman–Crippen MR) is 90.1 cm³/mol. The van der Waals surface area contributed by atoms with Gasteiger partial charge in [-0.15, -0.1) is 11.8 Å². The molecule has 9 nitrogen and oxygen atoms in total. The lowest BCUT2D eigenvalue weighted by atomic mass is 10.0. The van der Waals surface area contributed by atoms with Gasteiger partial charge in [0.1, 0.15) is 5.82 Å². The van der Waals surface area contributed by atoms with Gasteiger partial charge in [0.15, 0.2) is 11.5 Å². The van der Waals surface area contributed by atoms with E-state index in [-0.39, 0.29) is 24.1 Å². The zero-order chi connectivity index (χ0) is 17.7. The summed E-state index contributed by atoms with van der Waals surface area (Å²) in [6.07, 6.45) is 0. The first kappa shape index (κ1) is 15.8. The fourth-order valence-electron chi connectivity index (χ4n) is 3.11. The van der Waals surface area contributed by atoms with Gasteiger partial charge < -0.3 is 14.8 Å². The number of hydrogen-bond acceptors (Lipinski definition) is 7. The third-order valence-corrected chi connectivity index (χ3v) is 5.42. The molecule has 0 bridgehead atoms. The van der Waals surface area contributed by atoms with Crippen LogP contribution < -0.4 is 14.8 Å². The van der Waals surface area contributed by atoms with Gasteiger partial charge in [-0.1, -0.05) is 0 Å². The molecule has 2 aromatic rings. The zero-order valence-corrected chi connectivity index (χ0v) is 14.3. The van der Waals surface area contributed by atoms with Crippen molar-refractivity contribution in [2.24, 2.45) is 7.05 Å². The third kappa shape index (κ3) is 2.49. The monoisotopic (exact) mass is 362 g/mol. The average molecular weight is 362 g/mol. The lowest BCUT2D eigenvalue weighted by Gasteiger charge is -2.16. The topological polar surface area (TPSA) is 109 Å². The van der Waals surface area contributed by atoms with Gasteiger partial charge in [0, 0.05) is 12.6 Å². The van der Waals surface area contributed by atoms with E-state index in [1.165, 1.54) is 17.8 Å². The largest absolute Gasteiger partial charge is 0.454 e. The second-order valence-corrected chi connectivity index (χ2v) is 6.83. The highest BCUT2D eigenvalue weighted by atomic mass is 32.2. The maximum Gasteiger partial charge on any atom is 0.278 e. The number of thioether (sulfide) groups is 1. The standard InChI is InChI=1S/C15H14N4O5S/c1-7-13-14(25-5-12(20)16-15(13)18(2)17-7)8-3-10-11(24-6-23-10)4-9(8)19(21)22/h3-4,14H,5-6H2,1-2H3,(H,16,20)/t14-/m1/s1. The summed E-state index contributed by atoms with van der Waals surface area (Å²) < 4.78 is 12.2. The van der Waals surface area contributed by atoms with Crippen LogP contribution in [0, 0.1) is 17.0 Å². The quantitative estimate of drug-likeness (QED) is 0.644. The number of nitro benzene ring substituents is 1. The molecule has 1 atom stereocenters. The Labute approximate surface area is 146 Å². The number of amides is 1. The van der Waals surface area contributed by atoms with Crippen LogP contribution in [0.1, 0.15) is 22.1 Å². The van der Waals surface area contributed by atoms with Crippen LogP contribution in [0.15, 0.2) is 12.1 Å². The van der Waals surface area contributed by atoms with E-state index >= 15 is 0 Å². The molecule has 10 heteroatoms. The van der Waals surface area contributed by atoms with E-state index in [1.807, 2.05) is 6.92 Å². The van der Waals surface area contributed by atoms with E-state index in [0.717, 1.165) is 5.56 Å².